The van der Waals surface area contributed by atoms with Gasteiger partial charge in [0, 0.05) is 61.8 Å². The zero-order valence-electron chi connectivity index (χ0n) is 26.9. The van der Waals surface area contributed by atoms with Crippen LogP contribution in [0.25, 0.3) is 11.3 Å². The number of amides is 1. The lowest BCUT2D eigenvalue weighted by atomic mass is 9.61. The molecule has 3 N–H and O–H groups in total. The normalized spacial score (nSPS) is 21.6. The standard InChI is InChI=1S/C37H41N7O4/c38-35-32(19-31(40-41-35)30-8-4-5-9-33(30)45)43-22-27-10-11-28(23-43)44(27)26-12-15-39-34(18-26)48-29-20-37(21-29)13-16-42(17-14-37)36(46)47-24-25-6-2-1-3-7-25/h1-9,12,15,18-19,27-29,45H,10-11,13-14,16-17,20-24H2,(H2,38,41). The number of piperidine rings is 1. The minimum atomic E-state index is -0.227. The van der Waals surface area contributed by atoms with E-state index in [0.717, 1.165) is 81.6 Å². The van der Waals surface area contributed by atoms with Crippen LogP contribution in [0.15, 0.2) is 79.0 Å². The summed E-state index contributed by atoms with van der Waals surface area (Å²) in [5.74, 6) is 1.24. The Labute approximate surface area is 280 Å². The molecule has 5 heterocycles. The van der Waals surface area contributed by atoms with Crippen molar-refractivity contribution in [3.05, 3.63) is 84.6 Å². The molecule has 1 spiro atoms. The first-order valence-corrected chi connectivity index (χ1v) is 17.0. The maximum absolute atomic E-state index is 12.6. The lowest BCUT2D eigenvalue weighted by molar-refractivity contribution is -0.0551. The number of carbonyl (C=O) groups excluding carboxylic acids is 1. The van der Waals surface area contributed by atoms with Crippen molar-refractivity contribution in [3.63, 3.8) is 0 Å². The molecule has 4 aromatic rings. The summed E-state index contributed by atoms with van der Waals surface area (Å²) in [7, 11) is 0. The number of rotatable bonds is 7. The molecule has 48 heavy (non-hydrogen) atoms. The summed E-state index contributed by atoms with van der Waals surface area (Å²) in [4.78, 5) is 23.9. The van der Waals surface area contributed by atoms with Gasteiger partial charge in [-0.1, -0.05) is 42.5 Å². The minimum absolute atomic E-state index is 0.137. The number of benzene rings is 2. The van der Waals surface area contributed by atoms with Gasteiger partial charge >= 0.3 is 6.09 Å². The van der Waals surface area contributed by atoms with Crippen molar-refractivity contribution in [3.8, 4) is 22.9 Å². The van der Waals surface area contributed by atoms with Crippen LogP contribution in [-0.2, 0) is 11.3 Å². The van der Waals surface area contributed by atoms with E-state index in [1.165, 1.54) is 0 Å². The number of fused-ring (bicyclic) bond motifs is 2. The third-order valence-corrected chi connectivity index (χ3v) is 10.7. The molecule has 3 saturated heterocycles. The van der Waals surface area contributed by atoms with Gasteiger partial charge < -0.3 is 35.0 Å². The van der Waals surface area contributed by atoms with E-state index >= 15 is 0 Å². The lowest BCUT2D eigenvalue weighted by Crippen LogP contribution is -2.54. The van der Waals surface area contributed by atoms with Crippen molar-refractivity contribution in [2.24, 2.45) is 5.41 Å². The van der Waals surface area contributed by atoms with Gasteiger partial charge in [0.2, 0.25) is 5.88 Å². The third-order valence-electron chi connectivity index (χ3n) is 10.7. The second-order valence-electron chi connectivity index (χ2n) is 13.7. The summed E-state index contributed by atoms with van der Waals surface area (Å²) in [5.41, 5.74) is 10.8. The Morgan fingerprint density at radius 1 is 0.938 bits per heavy atom. The van der Waals surface area contributed by atoms with Crippen LogP contribution in [0.5, 0.6) is 11.6 Å². The molecular weight excluding hydrogens is 606 g/mol. The minimum Gasteiger partial charge on any atom is -0.507 e. The maximum Gasteiger partial charge on any atom is 0.410 e. The van der Waals surface area contributed by atoms with Gasteiger partial charge in [-0.2, -0.15) is 0 Å². The number of aromatic hydroxyl groups is 1. The molecule has 2 bridgehead atoms. The molecule has 11 heteroatoms. The first-order chi connectivity index (χ1) is 23.4. The van der Waals surface area contributed by atoms with Crippen LogP contribution in [-0.4, -0.2) is 75.6 Å². The van der Waals surface area contributed by atoms with Crippen LogP contribution in [0.4, 0.5) is 22.0 Å². The number of likely N-dealkylation sites (tertiary alicyclic amines) is 1. The molecule has 1 aliphatic carbocycles. The zero-order valence-corrected chi connectivity index (χ0v) is 26.9. The number of nitrogens with two attached hydrogens (primary N) is 1. The van der Waals surface area contributed by atoms with Gasteiger partial charge in [-0.25, -0.2) is 9.78 Å². The van der Waals surface area contributed by atoms with E-state index in [2.05, 4.69) is 37.1 Å². The van der Waals surface area contributed by atoms with Gasteiger partial charge in [0.25, 0.3) is 0 Å². The Hall–Kier alpha value is -5.06. The number of hydrogen-bond donors (Lipinski definition) is 2. The number of ether oxygens (including phenoxy) is 2. The molecule has 11 nitrogen and oxygen atoms in total. The zero-order chi connectivity index (χ0) is 32.7. The molecule has 1 saturated carbocycles. The van der Waals surface area contributed by atoms with Gasteiger partial charge in [0.1, 0.15) is 18.5 Å². The van der Waals surface area contributed by atoms with Crippen molar-refractivity contribution >= 4 is 23.3 Å². The average Bonchev–Trinajstić information content (AvgIpc) is 3.37. The van der Waals surface area contributed by atoms with Crippen molar-refractivity contribution in [2.75, 3.05) is 41.7 Å². The molecular formula is C37H41N7O4. The van der Waals surface area contributed by atoms with Crippen LogP contribution in [0, 0.1) is 5.41 Å². The van der Waals surface area contributed by atoms with Crippen molar-refractivity contribution < 1.29 is 19.4 Å². The number of aromatic nitrogens is 3. The second kappa shape index (κ2) is 12.5. The molecule has 8 rings (SSSR count). The number of phenolic OH excluding ortho intramolecular Hbond substituents is 1. The van der Waals surface area contributed by atoms with Gasteiger partial charge in [0.05, 0.1) is 11.4 Å². The van der Waals surface area contributed by atoms with E-state index < -0.39 is 0 Å². The highest BCUT2D eigenvalue weighted by molar-refractivity contribution is 5.74. The van der Waals surface area contributed by atoms with E-state index in [1.54, 1.807) is 12.1 Å². The van der Waals surface area contributed by atoms with Crippen molar-refractivity contribution in [1.82, 2.24) is 20.1 Å². The number of pyridine rings is 1. The first-order valence-electron chi connectivity index (χ1n) is 17.0. The highest BCUT2D eigenvalue weighted by Crippen LogP contribution is 2.50. The summed E-state index contributed by atoms with van der Waals surface area (Å²) in [6, 6.07) is 23.7. The second-order valence-corrected chi connectivity index (χ2v) is 13.7. The smallest absolute Gasteiger partial charge is 0.410 e. The molecule has 4 aliphatic rings. The topological polar surface area (TPSA) is 130 Å². The van der Waals surface area contributed by atoms with Crippen LogP contribution in [0.1, 0.15) is 44.1 Å². The number of para-hydroxylation sites is 1. The Bertz CT molecular complexity index is 1760. The number of piperazine rings is 1. The Kier molecular flexibility index (Phi) is 7.90. The van der Waals surface area contributed by atoms with E-state index in [0.29, 0.717) is 41.6 Å². The molecule has 2 aromatic heterocycles. The summed E-state index contributed by atoms with van der Waals surface area (Å²) in [6.07, 6.45) is 7.86. The summed E-state index contributed by atoms with van der Waals surface area (Å²) >= 11 is 0. The van der Waals surface area contributed by atoms with Crippen molar-refractivity contribution in [2.45, 2.75) is 63.3 Å². The molecule has 2 unspecified atom stereocenters. The first kappa shape index (κ1) is 30.3. The van der Waals surface area contributed by atoms with Crippen LogP contribution in [0.3, 0.4) is 0 Å². The van der Waals surface area contributed by atoms with Crippen LogP contribution in [0.2, 0.25) is 0 Å². The summed E-state index contributed by atoms with van der Waals surface area (Å²) in [6.45, 7) is 3.37. The molecule has 2 aromatic carbocycles. The Balaban J connectivity index is 0.860. The number of phenols is 1. The fourth-order valence-electron chi connectivity index (χ4n) is 8.15. The number of nitrogen functional groups attached to an aromatic ring is 1. The quantitative estimate of drug-likeness (QED) is 0.260. The Morgan fingerprint density at radius 3 is 2.42 bits per heavy atom. The van der Waals surface area contributed by atoms with Gasteiger partial charge in [-0.3, -0.25) is 0 Å². The van der Waals surface area contributed by atoms with E-state index in [4.69, 9.17) is 15.2 Å². The van der Waals surface area contributed by atoms with Crippen molar-refractivity contribution in [1.29, 1.82) is 0 Å². The maximum atomic E-state index is 12.6. The summed E-state index contributed by atoms with van der Waals surface area (Å²) < 4.78 is 12.0. The van der Waals surface area contributed by atoms with Crippen LogP contribution >= 0.6 is 0 Å². The van der Waals surface area contributed by atoms with Gasteiger partial charge in [-0.05, 0) is 73.8 Å². The highest BCUT2D eigenvalue weighted by Gasteiger charge is 2.48. The number of carbonyl (C=O) groups is 1. The monoisotopic (exact) mass is 647 g/mol. The van der Waals surface area contributed by atoms with E-state index in [9.17, 15) is 9.90 Å². The molecule has 2 atom stereocenters. The predicted octanol–water partition coefficient (Wildman–Crippen LogP) is 5.64. The molecule has 248 valence electrons. The van der Waals surface area contributed by atoms with E-state index in [-0.39, 0.29) is 23.4 Å². The fraction of sp³-hybridized carbons (Fsp3) is 0.405. The number of anilines is 3. The highest BCUT2D eigenvalue weighted by atomic mass is 16.6. The molecule has 3 aliphatic heterocycles. The molecule has 4 fully saturated rings. The summed E-state index contributed by atoms with van der Waals surface area (Å²) in [5, 5.41) is 18.9. The SMILES string of the molecule is Nc1nnc(-c2ccccc2O)cc1N1CC2CCC(C1)N2c1ccnc(OC2CC3(CCN(C(=O)OCc4ccccc4)CC3)C2)c1. The van der Waals surface area contributed by atoms with Gasteiger partial charge in [0.15, 0.2) is 5.82 Å². The van der Waals surface area contributed by atoms with Crippen LogP contribution < -0.4 is 20.3 Å². The van der Waals surface area contributed by atoms with E-state index in [1.807, 2.05) is 59.6 Å². The molecule has 0 radical (unpaired) electrons. The Morgan fingerprint density at radius 2 is 1.67 bits per heavy atom. The van der Waals surface area contributed by atoms with Gasteiger partial charge in [-0.15, -0.1) is 10.2 Å². The largest absolute Gasteiger partial charge is 0.507 e. The number of hydrogen-bond acceptors (Lipinski definition) is 10. The third kappa shape index (κ3) is 5.93. The lowest BCUT2D eigenvalue weighted by Gasteiger charge is -2.51. The molecule has 1 amide bonds. The average molecular weight is 648 g/mol. The number of nitrogens with zero attached hydrogens (tertiary/aromatic N) is 6. The predicted molar refractivity (Wildman–Crippen MR) is 183 cm³/mol. The fourth-order valence-corrected chi connectivity index (χ4v) is 8.15.